The fourth-order valence-electron chi connectivity index (χ4n) is 4.90. The van der Waals surface area contributed by atoms with Gasteiger partial charge in [0.25, 0.3) is 5.91 Å². The molecule has 2 N–H and O–H groups in total. The van der Waals surface area contributed by atoms with E-state index in [1.54, 1.807) is 29.2 Å². The molecule has 2 aromatic carbocycles. The van der Waals surface area contributed by atoms with Crippen molar-refractivity contribution in [2.75, 3.05) is 25.1 Å². The van der Waals surface area contributed by atoms with Crippen molar-refractivity contribution in [2.45, 2.75) is 24.3 Å². The molecule has 0 saturated carbocycles. The van der Waals surface area contributed by atoms with Crippen LogP contribution >= 0.6 is 0 Å². The van der Waals surface area contributed by atoms with Gasteiger partial charge in [0.05, 0.1) is 25.3 Å². The summed E-state index contributed by atoms with van der Waals surface area (Å²) in [5.41, 5.74) is 6.53. The van der Waals surface area contributed by atoms with Crippen molar-refractivity contribution in [3.8, 4) is 16.9 Å². The minimum atomic E-state index is -4.42. The Kier molecular flexibility index (Phi) is 5.62. The van der Waals surface area contributed by atoms with Gasteiger partial charge in [0, 0.05) is 24.1 Å². The van der Waals surface area contributed by atoms with E-state index < -0.39 is 17.4 Å². The van der Waals surface area contributed by atoms with Crippen molar-refractivity contribution >= 4 is 17.5 Å². The average molecular weight is 498 g/mol. The van der Waals surface area contributed by atoms with Crippen LogP contribution in [-0.2, 0) is 6.18 Å². The number of halogens is 3. The van der Waals surface area contributed by atoms with Crippen molar-refractivity contribution in [3.63, 3.8) is 0 Å². The van der Waals surface area contributed by atoms with Crippen LogP contribution in [0.1, 0.15) is 22.3 Å². The van der Waals surface area contributed by atoms with Gasteiger partial charge < -0.3 is 20.3 Å². The third-order valence-electron chi connectivity index (χ3n) is 6.64. The highest BCUT2D eigenvalue weighted by Crippen LogP contribution is 2.40. The molecule has 0 spiro atoms. The summed E-state index contributed by atoms with van der Waals surface area (Å²) in [7, 11) is 1.44. The lowest BCUT2D eigenvalue weighted by Gasteiger charge is -2.40. The average Bonchev–Trinajstić information content (AvgIpc) is 3.40. The van der Waals surface area contributed by atoms with Crippen molar-refractivity contribution in [1.82, 2.24) is 15.1 Å². The van der Waals surface area contributed by atoms with Crippen LogP contribution in [0.2, 0.25) is 0 Å². The molecular formula is C24H21F3N6O3. The van der Waals surface area contributed by atoms with Crippen LogP contribution in [0.3, 0.4) is 0 Å². The molecule has 3 aromatic rings. The first-order valence-corrected chi connectivity index (χ1v) is 11.0. The number of piperazine rings is 1. The van der Waals surface area contributed by atoms with Crippen LogP contribution in [-0.4, -0.2) is 52.9 Å². The zero-order chi connectivity index (χ0) is 25.7. The van der Waals surface area contributed by atoms with Gasteiger partial charge in [-0.3, -0.25) is 4.79 Å². The molecule has 186 valence electrons. The smallest absolute Gasteiger partial charge is 0.416 e. The minimum absolute atomic E-state index is 0.0281. The molecule has 0 unspecified atom stereocenters. The van der Waals surface area contributed by atoms with E-state index in [9.17, 15) is 22.9 Å². The number of amides is 1. The highest BCUT2D eigenvalue weighted by molar-refractivity contribution is 5.96. The van der Waals surface area contributed by atoms with Crippen molar-refractivity contribution in [1.29, 1.82) is 0 Å². The fraction of sp³-hybridized carbons (Fsp3) is 0.292. The number of nitroso groups, excluding NO2 is 1. The molecule has 2 saturated heterocycles. The summed E-state index contributed by atoms with van der Waals surface area (Å²) in [6.07, 6.45) is -3.89. The molecule has 2 aliphatic heterocycles. The molecule has 9 nitrogen and oxygen atoms in total. The number of fused-ring (bicyclic) bond motifs is 2. The van der Waals surface area contributed by atoms with E-state index in [4.69, 9.17) is 10.5 Å². The quantitative estimate of drug-likeness (QED) is 0.530. The summed E-state index contributed by atoms with van der Waals surface area (Å²) in [5.74, 6) is 0.616. The lowest BCUT2D eigenvalue weighted by atomic mass is 10.0. The Labute approximate surface area is 203 Å². The van der Waals surface area contributed by atoms with E-state index in [0.717, 1.165) is 12.1 Å². The summed E-state index contributed by atoms with van der Waals surface area (Å²) < 4.78 is 44.2. The van der Waals surface area contributed by atoms with E-state index in [0.29, 0.717) is 41.2 Å². The van der Waals surface area contributed by atoms with Gasteiger partial charge in [0.15, 0.2) is 5.82 Å². The second kappa shape index (κ2) is 8.55. The van der Waals surface area contributed by atoms with E-state index in [1.165, 1.54) is 25.3 Å². The van der Waals surface area contributed by atoms with Gasteiger partial charge >= 0.3 is 6.18 Å². The standard InChI is InChI=1S/C24H21F3N6O3/c1-36-19-10-15(4-7-18(19)14-2-5-16(6-3-14)24(25,26)27)22(34)32-13-23(28)11-17(32)12-33(23)21-9-8-20(31-35)29-30-21/h2-10,17H,11-13,28H2,1H3/t17-,23-/m0/s1. The molecule has 1 amide bonds. The second-order valence-electron chi connectivity index (χ2n) is 8.84. The fourth-order valence-corrected chi connectivity index (χ4v) is 4.90. The highest BCUT2D eigenvalue weighted by atomic mass is 19.4. The number of hydrogen-bond acceptors (Lipinski definition) is 8. The number of benzene rings is 2. The van der Waals surface area contributed by atoms with Crippen molar-refractivity contribution in [3.05, 3.63) is 70.6 Å². The number of methoxy groups -OCH3 is 1. The monoisotopic (exact) mass is 498 g/mol. The predicted molar refractivity (Wildman–Crippen MR) is 125 cm³/mol. The molecule has 0 radical (unpaired) electrons. The van der Waals surface area contributed by atoms with Crippen LogP contribution in [0.4, 0.5) is 24.8 Å². The van der Waals surface area contributed by atoms with Crippen LogP contribution in [0.15, 0.2) is 59.8 Å². The van der Waals surface area contributed by atoms with E-state index in [1.807, 2.05) is 4.90 Å². The lowest BCUT2D eigenvalue weighted by molar-refractivity contribution is -0.137. The maximum absolute atomic E-state index is 13.4. The Morgan fingerprint density at radius 3 is 2.44 bits per heavy atom. The van der Waals surface area contributed by atoms with Crippen LogP contribution in [0.5, 0.6) is 5.75 Å². The number of ether oxygens (including phenoxy) is 1. The molecule has 2 atom stereocenters. The van der Waals surface area contributed by atoms with Crippen molar-refractivity contribution in [2.24, 2.45) is 10.9 Å². The molecule has 12 heteroatoms. The first-order chi connectivity index (χ1) is 17.1. The van der Waals surface area contributed by atoms with Gasteiger partial charge in [-0.05, 0) is 53.2 Å². The number of carbonyl (C=O) groups is 1. The molecule has 36 heavy (non-hydrogen) atoms. The predicted octanol–water partition coefficient (Wildman–Crippen LogP) is 3.96. The van der Waals surface area contributed by atoms with Gasteiger partial charge in [0.2, 0.25) is 5.82 Å². The summed E-state index contributed by atoms with van der Waals surface area (Å²) in [6.45, 7) is 0.709. The third kappa shape index (κ3) is 4.02. The number of nitrogens with zero attached hydrogens (tertiary/aromatic N) is 5. The Bertz CT molecular complexity index is 1320. The van der Waals surface area contributed by atoms with E-state index in [-0.39, 0.29) is 24.3 Å². The molecule has 5 rings (SSSR count). The number of rotatable bonds is 5. The van der Waals surface area contributed by atoms with Crippen LogP contribution in [0, 0.1) is 4.91 Å². The number of aromatic nitrogens is 2. The molecule has 2 aliphatic rings. The number of alkyl halides is 3. The van der Waals surface area contributed by atoms with E-state index in [2.05, 4.69) is 15.4 Å². The molecule has 2 fully saturated rings. The summed E-state index contributed by atoms with van der Waals surface area (Å²) in [4.78, 5) is 27.5. The van der Waals surface area contributed by atoms with E-state index >= 15 is 0 Å². The molecule has 1 aromatic heterocycles. The molecular weight excluding hydrogens is 477 g/mol. The first-order valence-electron chi connectivity index (χ1n) is 11.0. The second-order valence-corrected chi connectivity index (χ2v) is 8.84. The normalized spacial score (nSPS) is 21.1. The minimum Gasteiger partial charge on any atom is -0.496 e. The van der Waals surface area contributed by atoms with Gasteiger partial charge in [-0.2, -0.15) is 13.2 Å². The number of carbonyl (C=O) groups excluding carboxylic acids is 1. The van der Waals surface area contributed by atoms with Crippen LogP contribution < -0.4 is 15.4 Å². The topological polar surface area (TPSA) is 114 Å². The van der Waals surface area contributed by atoms with Gasteiger partial charge in [-0.15, -0.1) is 15.1 Å². The Balaban J connectivity index is 1.35. The van der Waals surface area contributed by atoms with Crippen LogP contribution in [0.25, 0.3) is 11.1 Å². The molecule has 0 aliphatic carbocycles. The number of likely N-dealkylation sites (tertiary alicyclic amines) is 1. The number of hydrogen-bond donors (Lipinski definition) is 1. The summed E-state index contributed by atoms with van der Waals surface area (Å²) in [5, 5.41) is 10.5. The summed E-state index contributed by atoms with van der Waals surface area (Å²) in [6, 6.07) is 12.5. The summed E-state index contributed by atoms with van der Waals surface area (Å²) >= 11 is 0. The maximum Gasteiger partial charge on any atom is 0.416 e. The largest absolute Gasteiger partial charge is 0.496 e. The van der Waals surface area contributed by atoms with Crippen molar-refractivity contribution < 1.29 is 22.7 Å². The Hall–Kier alpha value is -4.06. The highest BCUT2D eigenvalue weighted by Gasteiger charge is 2.54. The SMILES string of the molecule is COc1cc(C(=O)N2C[C@]3(N)C[C@H]2CN3c2ccc(N=O)nn2)ccc1-c1ccc(C(F)(F)F)cc1. The Morgan fingerprint density at radius 2 is 1.89 bits per heavy atom. The lowest BCUT2D eigenvalue weighted by Crippen LogP contribution is -2.60. The third-order valence-corrected chi connectivity index (χ3v) is 6.64. The van der Waals surface area contributed by atoms with Gasteiger partial charge in [0.1, 0.15) is 11.4 Å². The molecule has 3 heterocycles. The zero-order valence-corrected chi connectivity index (χ0v) is 19.1. The Morgan fingerprint density at radius 1 is 1.14 bits per heavy atom. The molecule has 2 bridgehead atoms. The first kappa shape index (κ1) is 23.7. The van der Waals surface area contributed by atoms with Gasteiger partial charge in [-0.1, -0.05) is 12.1 Å². The number of nitrogens with two attached hydrogens (primary N) is 1. The zero-order valence-electron chi connectivity index (χ0n) is 19.1. The number of anilines is 1. The maximum atomic E-state index is 13.4. The van der Waals surface area contributed by atoms with Gasteiger partial charge in [-0.25, -0.2) is 0 Å².